The molecule has 5 heteroatoms. The zero-order valence-corrected chi connectivity index (χ0v) is 14.1. The molecule has 3 rings (SSSR count). The van der Waals surface area contributed by atoms with Crippen LogP contribution in [0.25, 0.3) is 0 Å². The first-order valence-electron chi connectivity index (χ1n) is 8.64. The van der Waals surface area contributed by atoms with Crippen molar-refractivity contribution >= 4 is 11.5 Å². The lowest BCUT2D eigenvalue weighted by Crippen LogP contribution is -2.46. The minimum Gasteiger partial charge on any atom is -0.369 e. The van der Waals surface area contributed by atoms with Crippen LogP contribution in [0.2, 0.25) is 0 Å². The van der Waals surface area contributed by atoms with Crippen molar-refractivity contribution in [1.29, 1.82) is 0 Å². The number of hydrogen-bond acceptors (Lipinski definition) is 3. The van der Waals surface area contributed by atoms with E-state index in [9.17, 15) is 13.6 Å². The molecule has 1 aliphatic heterocycles. The standard InChI is InChI=1S/C20H22F2N2O/c21-16-8-9-18(19(22)15-16)20(25)7-4-10-23-11-13-24(14-12-23)17-5-2-1-3-6-17/h1-3,5-6,8-9,15H,4,7,10-14H2. The van der Waals surface area contributed by atoms with E-state index >= 15 is 0 Å². The number of piperazine rings is 1. The summed E-state index contributed by atoms with van der Waals surface area (Å²) in [5.74, 6) is -1.70. The monoisotopic (exact) mass is 344 g/mol. The van der Waals surface area contributed by atoms with Crippen LogP contribution in [0.15, 0.2) is 48.5 Å². The van der Waals surface area contributed by atoms with E-state index < -0.39 is 11.6 Å². The summed E-state index contributed by atoms with van der Waals surface area (Å²) in [5.41, 5.74) is 1.22. The van der Waals surface area contributed by atoms with E-state index in [-0.39, 0.29) is 17.8 Å². The van der Waals surface area contributed by atoms with Crippen molar-refractivity contribution in [3.63, 3.8) is 0 Å². The number of halogens is 2. The summed E-state index contributed by atoms with van der Waals surface area (Å²) in [5, 5.41) is 0. The smallest absolute Gasteiger partial charge is 0.165 e. The third-order valence-corrected chi connectivity index (χ3v) is 4.60. The Balaban J connectivity index is 1.42. The van der Waals surface area contributed by atoms with Crippen LogP contribution in [0, 0.1) is 11.6 Å². The third kappa shape index (κ3) is 4.63. The van der Waals surface area contributed by atoms with Gasteiger partial charge in [0.05, 0.1) is 5.56 Å². The second-order valence-electron chi connectivity index (χ2n) is 6.32. The molecule has 1 aliphatic rings. The number of hydrogen-bond donors (Lipinski definition) is 0. The van der Waals surface area contributed by atoms with Crippen LogP contribution in [-0.2, 0) is 0 Å². The molecular formula is C20H22F2N2O. The maximum absolute atomic E-state index is 13.6. The highest BCUT2D eigenvalue weighted by molar-refractivity contribution is 5.96. The summed E-state index contributed by atoms with van der Waals surface area (Å²) < 4.78 is 26.5. The maximum atomic E-state index is 13.6. The predicted molar refractivity (Wildman–Crippen MR) is 95.0 cm³/mol. The zero-order chi connectivity index (χ0) is 17.6. The van der Waals surface area contributed by atoms with E-state index in [1.54, 1.807) is 0 Å². The Morgan fingerprint density at radius 3 is 2.36 bits per heavy atom. The average molecular weight is 344 g/mol. The fourth-order valence-electron chi connectivity index (χ4n) is 3.18. The topological polar surface area (TPSA) is 23.6 Å². The number of anilines is 1. The highest BCUT2D eigenvalue weighted by Gasteiger charge is 2.18. The van der Waals surface area contributed by atoms with Crippen LogP contribution in [0.3, 0.4) is 0 Å². The van der Waals surface area contributed by atoms with Crippen molar-refractivity contribution in [2.75, 3.05) is 37.6 Å². The van der Waals surface area contributed by atoms with Crippen LogP contribution < -0.4 is 4.90 Å². The molecule has 0 aliphatic carbocycles. The molecule has 0 radical (unpaired) electrons. The van der Waals surface area contributed by atoms with Crippen molar-refractivity contribution < 1.29 is 13.6 Å². The molecule has 0 atom stereocenters. The number of para-hydroxylation sites is 1. The summed E-state index contributed by atoms with van der Waals surface area (Å²) in [7, 11) is 0. The molecule has 1 fully saturated rings. The third-order valence-electron chi connectivity index (χ3n) is 4.60. The van der Waals surface area contributed by atoms with Gasteiger partial charge in [-0.05, 0) is 37.2 Å². The molecule has 0 N–H and O–H groups in total. The second kappa shape index (κ2) is 8.21. The molecule has 2 aromatic carbocycles. The first-order valence-corrected chi connectivity index (χ1v) is 8.64. The molecule has 0 spiro atoms. The predicted octanol–water partition coefficient (Wildman–Crippen LogP) is 3.75. The molecule has 0 aromatic heterocycles. The number of carbonyl (C=O) groups is 1. The molecule has 1 saturated heterocycles. The Bertz CT molecular complexity index is 713. The van der Waals surface area contributed by atoms with E-state index in [4.69, 9.17) is 0 Å². The van der Waals surface area contributed by atoms with Gasteiger partial charge in [0.15, 0.2) is 5.78 Å². The normalized spacial score (nSPS) is 15.4. The van der Waals surface area contributed by atoms with Crippen molar-refractivity contribution in [2.24, 2.45) is 0 Å². The van der Waals surface area contributed by atoms with Gasteiger partial charge in [-0.25, -0.2) is 8.78 Å². The van der Waals surface area contributed by atoms with E-state index in [1.807, 2.05) is 18.2 Å². The fourth-order valence-corrected chi connectivity index (χ4v) is 3.18. The maximum Gasteiger partial charge on any atom is 0.165 e. The Kier molecular flexibility index (Phi) is 5.76. The van der Waals surface area contributed by atoms with Gasteiger partial charge in [0, 0.05) is 44.4 Å². The molecule has 0 saturated carbocycles. The number of rotatable bonds is 6. The summed E-state index contributed by atoms with van der Waals surface area (Å²) in [6.07, 6.45) is 0.961. The summed E-state index contributed by atoms with van der Waals surface area (Å²) >= 11 is 0. The Hall–Kier alpha value is -2.27. The summed E-state index contributed by atoms with van der Waals surface area (Å²) in [4.78, 5) is 16.8. The minimum absolute atomic E-state index is 0.0182. The highest BCUT2D eigenvalue weighted by atomic mass is 19.1. The molecule has 0 bridgehead atoms. The molecule has 132 valence electrons. The Morgan fingerprint density at radius 1 is 0.960 bits per heavy atom. The zero-order valence-electron chi connectivity index (χ0n) is 14.1. The molecule has 1 heterocycles. The minimum atomic E-state index is -0.776. The number of nitrogens with zero attached hydrogens (tertiary/aromatic N) is 2. The van der Waals surface area contributed by atoms with E-state index in [0.717, 1.165) is 44.9 Å². The lowest BCUT2D eigenvalue weighted by molar-refractivity contribution is 0.0970. The van der Waals surface area contributed by atoms with Crippen LogP contribution >= 0.6 is 0 Å². The fraction of sp³-hybridized carbons (Fsp3) is 0.350. The molecule has 0 unspecified atom stereocenters. The first-order chi connectivity index (χ1) is 12.1. The first kappa shape index (κ1) is 17.5. The van der Waals surface area contributed by atoms with Crippen molar-refractivity contribution in [3.8, 4) is 0 Å². The summed E-state index contributed by atoms with van der Waals surface area (Å²) in [6, 6.07) is 13.4. The molecule has 25 heavy (non-hydrogen) atoms. The highest BCUT2D eigenvalue weighted by Crippen LogP contribution is 2.16. The van der Waals surface area contributed by atoms with Gasteiger partial charge in [-0.15, -0.1) is 0 Å². The number of benzene rings is 2. The molecular weight excluding hydrogens is 322 g/mol. The summed E-state index contributed by atoms with van der Waals surface area (Å²) in [6.45, 7) is 4.65. The van der Waals surface area contributed by atoms with Crippen LogP contribution in [0.1, 0.15) is 23.2 Å². The molecule has 0 amide bonds. The molecule has 3 nitrogen and oxygen atoms in total. The lowest BCUT2D eigenvalue weighted by Gasteiger charge is -2.36. The lowest BCUT2D eigenvalue weighted by atomic mass is 10.1. The van der Waals surface area contributed by atoms with Gasteiger partial charge in [0.2, 0.25) is 0 Å². The van der Waals surface area contributed by atoms with Gasteiger partial charge >= 0.3 is 0 Å². The number of Topliss-reactive ketones (excluding diaryl/α,β-unsaturated/α-hetero) is 1. The van der Waals surface area contributed by atoms with Crippen LogP contribution in [0.4, 0.5) is 14.5 Å². The van der Waals surface area contributed by atoms with Gasteiger partial charge in [0.1, 0.15) is 11.6 Å². The number of ketones is 1. The van der Waals surface area contributed by atoms with Gasteiger partial charge in [-0.2, -0.15) is 0 Å². The van der Waals surface area contributed by atoms with Crippen molar-refractivity contribution in [2.45, 2.75) is 12.8 Å². The van der Waals surface area contributed by atoms with Gasteiger partial charge < -0.3 is 4.90 Å². The Morgan fingerprint density at radius 2 is 1.68 bits per heavy atom. The van der Waals surface area contributed by atoms with Crippen molar-refractivity contribution in [1.82, 2.24) is 4.90 Å². The van der Waals surface area contributed by atoms with Gasteiger partial charge in [0.25, 0.3) is 0 Å². The Labute approximate surface area is 146 Å². The van der Waals surface area contributed by atoms with E-state index in [0.29, 0.717) is 6.42 Å². The SMILES string of the molecule is O=C(CCCN1CCN(c2ccccc2)CC1)c1ccc(F)cc1F. The van der Waals surface area contributed by atoms with E-state index in [1.165, 1.54) is 11.8 Å². The second-order valence-corrected chi connectivity index (χ2v) is 6.32. The molecule has 2 aromatic rings. The van der Waals surface area contributed by atoms with Crippen LogP contribution in [0.5, 0.6) is 0 Å². The largest absolute Gasteiger partial charge is 0.369 e. The van der Waals surface area contributed by atoms with Crippen LogP contribution in [-0.4, -0.2) is 43.4 Å². The quantitative estimate of drug-likeness (QED) is 0.746. The van der Waals surface area contributed by atoms with Gasteiger partial charge in [-0.3, -0.25) is 9.69 Å². The average Bonchev–Trinajstić information content (AvgIpc) is 2.63. The van der Waals surface area contributed by atoms with Gasteiger partial charge in [-0.1, -0.05) is 18.2 Å². The van der Waals surface area contributed by atoms with Crippen molar-refractivity contribution in [3.05, 3.63) is 65.7 Å². The number of carbonyl (C=O) groups excluding carboxylic acids is 1. The van der Waals surface area contributed by atoms with E-state index in [2.05, 4.69) is 21.9 Å².